The van der Waals surface area contributed by atoms with E-state index in [0.29, 0.717) is 22.2 Å². The lowest BCUT2D eigenvalue weighted by Gasteiger charge is -2.20. The topological polar surface area (TPSA) is 124 Å². The Labute approximate surface area is 254 Å². The zero-order valence-corrected chi connectivity index (χ0v) is 24.4. The van der Waals surface area contributed by atoms with Crippen LogP contribution >= 0.6 is 11.8 Å². The Kier molecular flexibility index (Phi) is 9.13. The van der Waals surface area contributed by atoms with E-state index < -0.39 is 12.4 Å². The molecule has 15 heteroatoms. The molecule has 0 spiro atoms. The summed E-state index contributed by atoms with van der Waals surface area (Å²) in [6.07, 6.45) is -0.183. The molecule has 44 heavy (non-hydrogen) atoms. The number of amidine groups is 1. The zero-order chi connectivity index (χ0) is 31.3. The third-order valence-corrected chi connectivity index (χ3v) is 7.15. The molecule has 3 heterocycles. The van der Waals surface area contributed by atoms with Gasteiger partial charge >= 0.3 is 12.4 Å². The van der Waals surface area contributed by atoms with Gasteiger partial charge < -0.3 is 14.8 Å². The lowest BCUT2D eigenvalue weighted by atomic mass is 10.0. The molecule has 0 bridgehead atoms. The first-order chi connectivity index (χ1) is 21.1. The monoisotopic (exact) mass is 625 g/mol. The van der Waals surface area contributed by atoms with Crippen molar-refractivity contribution in [3.8, 4) is 28.7 Å². The number of rotatable bonds is 9. The van der Waals surface area contributed by atoms with Crippen LogP contribution in [0.15, 0.2) is 72.1 Å². The molecule has 0 aliphatic carbocycles. The number of carbonyl (C=O) groups excluding carboxylic acids is 2. The van der Waals surface area contributed by atoms with E-state index in [-0.39, 0.29) is 30.0 Å². The van der Waals surface area contributed by atoms with Crippen LogP contribution in [0.4, 0.5) is 23.7 Å². The van der Waals surface area contributed by atoms with Gasteiger partial charge in [0.2, 0.25) is 11.8 Å². The Morgan fingerprint density at radius 2 is 1.91 bits per heavy atom. The molecule has 0 unspecified atom stereocenters. The van der Waals surface area contributed by atoms with Crippen molar-refractivity contribution in [2.45, 2.75) is 33.1 Å². The van der Waals surface area contributed by atoms with E-state index in [1.165, 1.54) is 58.1 Å². The van der Waals surface area contributed by atoms with Gasteiger partial charge in [0.25, 0.3) is 0 Å². The van der Waals surface area contributed by atoms with Crippen molar-refractivity contribution in [2.24, 2.45) is 4.99 Å². The molecule has 2 aromatic carbocycles. The summed E-state index contributed by atoms with van der Waals surface area (Å²) in [5.41, 5.74) is 3.79. The van der Waals surface area contributed by atoms with Gasteiger partial charge in [0.05, 0.1) is 17.1 Å². The van der Waals surface area contributed by atoms with E-state index in [1.54, 1.807) is 12.1 Å². The maximum absolute atomic E-state index is 12.7. The average molecular weight is 626 g/mol. The lowest BCUT2D eigenvalue weighted by molar-refractivity contribution is -0.274. The summed E-state index contributed by atoms with van der Waals surface area (Å²) in [4.78, 5) is 39.3. The second kappa shape index (κ2) is 13.2. The fourth-order valence-corrected chi connectivity index (χ4v) is 5.12. The van der Waals surface area contributed by atoms with E-state index in [1.807, 2.05) is 25.1 Å². The van der Waals surface area contributed by atoms with Crippen LogP contribution in [-0.4, -0.2) is 55.7 Å². The van der Waals surface area contributed by atoms with Crippen LogP contribution in [-0.2, 0) is 11.2 Å². The normalized spacial score (nSPS) is 14.2. The number of nitrogens with one attached hydrogen (secondary N) is 1. The van der Waals surface area contributed by atoms with Gasteiger partial charge in [0, 0.05) is 17.8 Å². The smallest absolute Gasteiger partial charge is 0.456 e. The highest BCUT2D eigenvalue weighted by molar-refractivity contribution is 8.15. The zero-order valence-electron chi connectivity index (χ0n) is 23.5. The highest BCUT2D eigenvalue weighted by Crippen LogP contribution is 2.31. The maximum atomic E-state index is 12.7. The number of thioether (sulfide) groups is 1. The number of halogens is 3. The van der Waals surface area contributed by atoms with Gasteiger partial charge in [-0.15, -0.1) is 18.3 Å². The Bertz CT molecular complexity index is 1680. The van der Waals surface area contributed by atoms with Gasteiger partial charge in [-0.1, -0.05) is 37.2 Å². The van der Waals surface area contributed by atoms with E-state index in [4.69, 9.17) is 4.74 Å². The van der Waals surface area contributed by atoms with E-state index in [9.17, 15) is 22.8 Å². The van der Waals surface area contributed by atoms with Crippen LogP contribution in [0, 0.1) is 6.92 Å². The van der Waals surface area contributed by atoms with Crippen molar-refractivity contribution in [1.82, 2.24) is 25.1 Å². The second-order valence-corrected chi connectivity index (χ2v) is 10.4. The third-order valence-electron chi connectivity index (χ3n) is 6.23. The standard InChI is InChI=1S/C29H26F3N7O4S/c1-3-4-19-6-5-18(2)13-23(19)39-25(40)15-44-28(39)36-27(41)35-17-42-24-12-7-20(14-33-24)26-34-16-38(37-26)21-8-10-22(11-9-21)43-29(30,31)32/h5-14,16H,3-4,15,17H2,1-2H3,(H,35,41). The number of alkyl halides is 3. The molecule has 1 fully saturated rings. The van der Waals surface area contributed by atoms with E-state index in [2.05, 4.69) is 37.0 Å². The molecule has 0 atom stereocenters. The molecule has 3 amide bonds. The Hall–Kier alpha value is -4.92. The van der Waals surface area contributed by atoms with Crippen molar-refractivity contribution < 1.29 is 32.2 Å². The van der Waals surface area contributed by atoms with Crippen LogP contribution in [0.3, 0.4) is 0 Å². The average Bonchev–Trinajstić information content (AvgIpc) is 3.61. The van der Waals surface area contributed by atoms with E-state index in [0.717, 1.165) is 29.7 Å². The summed E-state index contributed by atoms with van der Waals surface area (Å²) in [6.45, 7) is 3.79. The number of benzene rings is 2. The summed E-state index contributed by atoms with van der Waals surface area (Å²) in [6, 6.07) is 13.7. The number of aromatic nitrogens is 4. The number of urea groups is 1. The highest BCUT2D eigenvalue weighted by Gasteiger charge is 2.32. The molecule has 0 saturated carbocycles. The first kappa shape index (κ1) is 30.5. The minimum absolute atomic E-state index is 0.141. The van der Waals surface area contributed by atoms with Gasteiger partial charge in [0.1, 0.15) is 12.1 Å². The minimum Gasteiger partial charge on any atom is -0.456 e. The quantitative estimate of drug-likeness (QED) is 0.236. The van der Waals surface area contributed by atoms with E-state index >= 15 is 0 Å². The number of aryl methyl sites for hydroxylation is 2. The molecular weight excluding hydrogens is 599 g/mol. The summed E-state index contributed by atoms with van der Waals surface area (Å²) in [5, 5.41) is 7.17. The number of ether oxygens (including phenoxy) is 2. The largest absolute Gasteiger partial charge is 0.573 e. The molecule has 228 valence electrons. The van der Waals surface area contributed by atoms with Crippen molar-refractivity contribution in [3.05, 3.63) is 78.2 Å². The minimum atomic E-state index is -4.77. The van der Waals surface area contributed by atoms with Gasteiger partial charge in [-0.2, -0.15) is 4.99 Å². The highest BCUT2D eigenvalue weighted by atomic mass is 32.2. The van der Waals surface area contributed by atoms with Crippen LogP contribution in [0.2, 0.25) is 0 Å². The van der Waals surface area contributed by atoms with Crippen molar-refractivity contribution in [2.75, 3.05) is 17.4 Å². The predicted molar refractivity (Wildman–Crippen MR) is 158 cm³/mol. The number of hydrogen-bond donors (Lipinski definition) is 1. The van der Waals surface area contributed by atoms with Crippen molar-refractivity contribution in [1.29, 1.82) is 0 Å². The van der Waals surface area contributed by atoms with Crippen LogP contribution in [0.25, 0.3) is 17.1 Å². The number of aliphatic imine (C=N–C) groups is 1. The second-order valence-electron chi connectivity index (χ2n) is 9.50. The molecule has 1 aliphatic heterocycles. The summed E-state index contributed by atoms with van der Waals surface area (Å²) >= 11 is 1.20. The molecule has 5 rings (SSSR count). The number of carbonyl (C=O) groups is 2. The number of amides is 3. The van der Waals surface area contributed by atoms with Crippen LogP contribution < -0.4 is 19.7 Å². The first-order valence-electron chi connectivity index (χ1n) is 13.4. The fourth-order valence-electron chi connectivity index (χ4n) is 4.26. The molecule has 1 N–H and O–H groups in total. The Morgan fingerprint density at radius 1 is 1.11 bits per heavy atom. The lowest BCUT2D eigenvalue weighted by Crippen LogP contribution is -2.33. The number of anilines is 1. The van der Waals surface area contributed by atoms with Gasteiger partial charge in [-0.25, -0.2) is 19.4 Å². The van der Waals surface area contributed by atoms with Crippen LogP contribution in [0.1, 0.15) is 24.5 Å². The molecule has 11 nitrogen and oxygen atoms in total. The molecule has 0 radical (unpaired) electrons. The summed E-state index contributed by atoms with van der Waals surface area (Å²) < 4.78 is 47.9. The number of pyridine rings is 1. The van der Waals surface area contributed by atoms with Gasteiger partial charge in [-0.05, 0) is 60.9 Å². The Morgan fingerprint density at radius 3 is 2.61 bits per heavy atom. The molecular formula is C29H26F3N7O4S. The maximum Gasteiger partial charge on any atom is 0.573 e. The number of nitrogens with zero attached hydrogens (tertiary/aromatic N) is 6. The fraction of sp³-hybridized carbons (Fsp3) is 0.241. The summed E-state index contributed by atoms with van der Waals surface area (Å²) in [5.74, 6) is 0.250. The van der Waals surface area contributed by atoms with Gasteiger partial charge in [0.15, 0.2) is 17.7 Å². The molecule has 1 aliphatic rings. The van der Waals surface area contributed by atoms with Crippen molar-refractivity contribution >= 4 is 34.6 Å². The molecule has 1 saturated heterocycles. The third kappa shape index (κ3) is 7.53. The molecule has 4 aromatic rings. The SMILES string of the molecule is CCCc1ccc(C)cc1N1C(=O)CSC1=NC(=O)NCOc1ccc(-c2ncn(-c3ccc(OC(F)(F)F)cc3)n2)cn1. The van der Waals surface area contributed by atoms with Crippen LogP contribution in [0.5, 0.6) is 11.6 Å². The molecule has 2 aromatic heterocycles. The van der Waals surface area contributed by atoms with Crippen molar-refractivity contribution in [3.63, 3.8) is 0 Å². The first-order valence-corrected chi connectivity index (χ1v) is 14.4. The van der Waals surface area contributed by atoms with Gasteiger partial charge in [-0.3, -0.25) is 9.69 Å². The Balaban J connectivity index is 1.17. The summed E-state index contributed by atoms with van der Waals surface area (Å²) in [7, 11) is 0. The number of hydrogen-bond acceptors (Lipinski definition) is 8. The predicted octanol–water partition coefficient (Wildman–Crippen LogP) is 5.67.